The molecule has 35 heavy (non-hydrogen) atoms. The number of carbonyl (C=O) groups excluding carboxylic acids is 1. The molecule has 1 aliphatic rings. The molecule has 0 saturated carbocycles. The number of hydrogen-bond donors (Lipinski definition) is 4. The third-order valence-corrected chi connectivity index (χ3v) is 7.59. The highest BCUT2D eigenvalue weighted by Gasteiger charge is 2.38. The molecule has 1 amide bonds. The van der Waals surface area contributed by atoms with Crippen molar-refractivity contribution in [1.29, 1.82) is 5.41 Å². The predicted octanol–water partition coefficient (Wildman–Crippen LogP) is 2.09. The molecule has 3 aromatic carbocycles. The molecule has 182 valence electrons. The van der Waals surface area contributed by atoms with Gasteiger partial charge in [-0.3, -0.25) is 10.2 Å². The number of carboxylic acid groups (broad SMARTS) is 1. The first-order valence-corrected chi connectivity index (χ1v) is 12.6. The van der Waals surface area contributed by atoms with E-state index in [1.54, 1.807) is 42.5 Å². The molecular formula is C25H26N4O5S. The Bertz CT molecular complexity index is 1410. The van der Waals surface area contributed by atoms with Crippen LogP contribution in [0, 0.1) is 5.41 Å². The van der Waals surface area contributed by atoms with Crippen molar-refractivity contribution in [3.8, 4) is 0 Å². The lowest BCUT2D eigenvalue weighted by atomic mass is 10.0. The zero-order valence-electron chi connectivity index (χ0n) is 18.8. The summed E-state index contributed by atoms with van der Waals surface area (Å²) in [5, 5.41) is 18.8. The van der Waals surface area contributed by atoms with Gasteiger partial charge in [-0.25, -0.2) is 13.2 Å². The van der Waals surface area contributed by atoms with Crippen LogP contribution in [-0.2, 0) is 26.0 Å². The van der Waals surface area contributed by atoms with Crippen LogP contribution >= 0.6 is 0 Å². The van der Waals surface area contributed by atoms with Gasteiger partial charge in [0.05, 0.1) is 4.90 Å². The van der Waals surface area contributed by atoms with Gasteiger partial charge in [0, 0.05) is 12.1 Å². The zero-order chi connectivity index (χ0) is 25.2. The maximum atomic E-state index is 13.5. The first-order valence-electron chi connectivity index (χ1n) is 11.1. The molecular weight excluding hydrogens is 468 g/mol. The Morgan fingerprint density at radius 2 is 1.83 bits per heavy atom. The van der Waals surface area contributed by atoms with Crippen molar-refractivity contribution in [3.63, 3.8) is 0 Å². The van der Waals surface area contributed by atoms with Gasteiger partial charge in [0.2, 0.25) is 15.9 Å². The number of amidine groups is 1. The minimum absolute atomic E-state index is 0.00249. The molecule has 0 spiro atoms. The maximum absolute atomic E-state index is 13.5. The molecule has 5 N–H and O–H groups in total. The lowest BCUT2D eigenvalue weighted by molar-refractivity contribution is -0.148. The SMILES string of the molecule is N=C(N)c1cccc(C[C@H](NS(=O)(=O)c2ccc3ccccc3c2)C(=O)N2CCC[C@H]2C(=O)O)c1. The number of likely N-dealkylation sites (tertiary alicyclic amines) is 1. The second kappa shape index (κ2) is 9.85. The number of nitrogens with zero attached hydrogens (tertiary/aromatic N) is 1. The average Bonchev–Trinajstić information content (AvgIpc) is 3.33. The summed E-state index contributed by atoms with van der Waals surface area (Å²) in [5.74, 6) is -1.88. The van der Waals surface area contributed by atoms with Gasteiger partial charge in [0.25, 0.3) is 0 Å². The monoisotopic (exact) mass is 494 g/mol. The summed E-state index contributed by atoms with van der Waals surface area (Å²) in [6, 6.07) is 16.4. The molecule has 0 aliphatic carbocycles. The first-order chi connectivity index (χ1) is 16.7. The van der Waals surface area contributed by atoms with E-state index in [0.29, 0.717) is 24.0 Å². The van der Waals surface area contributed by atoms with E-state index >= 15 is 0 Å². The largest absolute Gasteiger partial charge is 0.480 e. The minimum atomic E-state index is -4.12. The van der Waals surface area contributed by atoms with Crippen molar-refractivity contribution in [3.05, 3.63) is 77.9 Å². The second-order valence-corrected chi connectivity index (χ2v) is 10.2. The summed E-state index contributed by atoms with van der Waals surface area (Å²) in [5.41, 5.74) is 6.61. The van der Waals surface area contributed by atoms with Crippen molar-refractivity contribution >= 4 is 38.5 Å². The Hall–Kier alpha value is -3.76. The molecule has 0 unspecified atom stereocenters. The van der Waals surface area contributed by atoms with Crippen LogP contribution in [0.25, 0.3) is 10.8 Å². The van der Waals surface area contributed by atoms with Crippen molar-refractivity contribution in [1.82, 2.24) is 9.62 Å². The van der Waals surface area contributed by atoms with E-state index in [1.165, 1.54) is 17.0 Å². The molecule has 3 aromatic rings. The summed E-state index contributed by atoms with van der Waals surface area (Å²) in [6.07, 6.45) is 0.799. The Balaban J connectivity index is 1.68. The molecule has 1 fully saturated rings. The molecule has 1 saturated heterocycles. The van der Waals surface area contributed by atoms with Crippen LogP contribution in [0.15, 0.2) is 71.6 Å². The van der Waals surface area contributed by atoms with Gasteiger partial charge in [-0.1, -0.05) is 48.5 Å². The zero-order valence-corrected chi connectivity index (χ0v) is 19.7. The van der Waals surface area contributed by atoms with E-state index in [0.717, 1.165) is 10.8 Å². The summed E-state index contributed by atoms with van der Waals surface area (Å²) in [6.45, 7) is 0.234. The minimum Gasteiger partial charge on any atom is -0.480 e. The van der Waals surface area contributed by atoms with Crippen LogP contribution in [0.2, 0.25) is 0 Å². The van der Waals surface area contributed by atoms with Crippen LogP contribution in [-0.4, -0.2) is 54.8 Å². The number of rotatable bonds is 8. The van der Waals surface area contributed by atoms with Crippen LogP contribution in [0.1, 0.15) is 24.0 Å². The number of amides is 1. The highest BCUT2D eigenvalue weighted by atomic mass is 32.2. The van der Waals surface area contributed by atoms with Crippen molar-refractivity contribution in [2.24, 2.45) is 5.73 Å². The van der Waals surface area contributed by atoms with Crippen molar-refractivity contribution < 1.29 is 23.1 Å². The number of nitrogens with two attached hydrogens (primary N) is 1. The third-order valence-electron chi connectivity index (χ3n) is 6.13. The second-order valence-electron chi connectivity index (χ2n) is 8.53. The number of aliphatic carboxylic acids is 1. The summed E-state index contributed by atoms with van der Waals surface area (Å²) in [4.78, 5) is 26.4. The van der Waals surface area contributed by atoms with Gasteiger partial charge < -0.3 is 15.7 Å². The number of carboxylic acids is 1. The smallest absolute Gasteiger partial charge is 0.326 e. The van der Waals surface area contributed by atoms with E-state index in [9.17, 15) is 23.1 Å². The number of hydrogen-bond acceptors (Lipinski definition) is 5. The number of carbonyl (C=O) groups is 2. The highest BCUT2D eigenvalue weighted by molar-refractivity contribution is 7.89. The van der Waals surface area contributed by atoms with E-state index in [2.05, 4.69) is 4.72 Å². The molecule has 0 bridgehead atoms. The van der Waals surface area contributed by atoms with E-state index in [-0.39, 0.29) is 23.7 Å². The Labute approximate surface area is 203 Å². The van der Waals surface area contributed by atoms with Gasteiger partial charge >= 0.3 is 5.97 Å². The number of fused-ring (bicyclic) bond motifs is 1. The molecule has 10 heteroatoms. The standard InChI is InChI=1S/C25H26N4O5S/c26-23(27)19-8-3-5-16(13-19)14-21(24(30)29-12-4-9-22(29)25(31)32)28-35(33,34)20-11-10-17-6-1-2-7-18(17)15-20/h1-3,5-8,10-11,13,15,21-22,28H,4,9,12,14H2,(H3,26,27)(H,31,32)/t21-,22-/m0/s1. The molecule has 2 atom stereocenters. The fraction of sp³-hybridized carbons (Fsp3) is 0.240. The van der Waals surface area contributed by atoms with Crippen molar-refractivity contribution in [2.75, 3.05) is 6.54 Å². The molecule has 1 aliphatic heterocycles. The molecule has 4 rings (SSSR count). The summed E-state index contributed by atoms with van der Waals surface area (Å²) >= 11 is 0. The molecule has 9 nitrogen and oxygen atoms in total. The number of sulfonamides is 1. The summed E-state index contributed by atoms with van der Waals surface area (Å²) < 4.78 is 29.2. The first kappa shape index (κ1) is 24.4. The molecule has 0 aromatic heterocycles. The Kier molecular flexibility index (Phi) is 6.86. The quantitative estimate of drug-likeness (QED) is 0.278. The van der Waals surface area contributed by atoms with Gasteiger partial charge in [0.1, 0.15) is 17.9 Å². The lowest BCUT2D eigenvalue weighted by Crippen LogP contribution is -2.52. The fourth-order valence-corrected chi connectivity index (χ4v) is 5.58. The Morgan fingerprint density at radius 3 is 2.54 bits per heavy atom. The third kappa shape index (κ3) is 5.33. The topological polar surface area (TPSA) is 154 Å². The van der Waals surface area contributed by atoms with Crippen LogP contribution in [0.4, 0.5) is 0 Å². The maximum Gasteiger partial charge on any atom is 0.326 e. The predicted molar refractivity (Wildman–Crippen MR) is 132 cm³/mol. The van der Waals surface area contributed by atoms with Crippen LogP contribution in [0.5, 0.6) is 0 Å². The van der Waals surface area contributed by atoms with E-state index < -0.39 is 34.0 Å². The average molecular weight is 495 g/mol. The summed E-state index contributed by atoms with van der Waals surface area (Å²) in [7, 11) is -4.12. The lowest BCUT2D eigenvalue weighted by Gasteiger charge is -2.27. The molecule has 1 heterocycles. The fourth-order valence-electron chi connectivity index (χ4n) is 4.36. The van der Waals surface area contributed by atoms with Gasteiger partial charge in [-0.15, -0.1) is 0 Å². The van der Waals surface area contributed by atoms with Gasteiger partial charge in [-0.2, -0.15) is 4.72 Å². The number of nitrogens with one attached hydrogen (secondary N) is 2. The van der Waals surface area contributed by atoms with E-state index in [4.69, 9.17) is 11.1 Å². The Morgan fingerprint density at radius 1 is 1.09 bits per heavy atom. The van der Waals surface area contributed by atoms with Gasteiger partial charge in [0.15, 0.2) is 0 Å². The van der Waals surface area contributed by atoms with E-state index in [1.807, 2.05) is 12.1 Å². The normalized spacial score (nSPS) is 16.8. The van der Waals surface area contributed by atoms with Crippen molar-refractivity contribution in [2.45, 2.75) is 36.2 Å². The highest BCUT2D eigenvalue weighted by Crippen LogP contribution is 2.23. The van der Waals surface area contributed by atoms with Crippen LogP contribution < -0.4 is 10.5 Å². The molecule has 0 radical (unpaired) electrons. The van der Waals surface area contributed by atoms with Crippen LogP contribution in [0.3, 0.4) is 0 Å². The number of nitrogen functional groups attached to an aromatic ring is 1. The number of benzene rings is 3. The van der Waals surface area contributed by atoms with Gasteiger partial charge in [-0.05, 0) is 53.8 Å².